The molecule has 2 aromatic rings. The fourth-order valence-corrected chi connectivity index (χ4v) is 3.07. The van der Waals surface area contributed by atoms with E-state index in [0.717, 1.165) is 6.54 Å². The number of aromatic nitrogens is 2. The van der Waals surface area contributed by atoms with Gasteiger partial charge in [0, 0.05) is 12.6 Å². The first kappa shape index (κ1) is 14.4. The van der Waals surface area contributed by atoms with Crippen molar-refractivity contribution in [3.63, 3.8) is 0 Å². The Morgan fingerprint density at radius 2 is 2.26 bits per heavy atom. The van der Waals surface area contributed by atoms with Gasteiger partial charge in [-0.2, -0.15) is 5.10 Å². The Labute approximate surface area is 125 Å². The molecule has 102 valence electrons. The number of hydrogen-bond acceptors (Lipinski definition) is 3. The highest BCUT2D eigenvalue weighted by Gasteiger charge is 2.16. The average Bonchev–Trinajstić information content (AvgIpc) is 2.85. The second-order valence-electron chi connectivity index (χ2n) is 4.48. The number of anilines is 1. The Bertz CT molecular complexity index is 592. The summed E-state index contributed by atoms with van der Waals surface area (Å²) in [4.78, 5) is 12.1. The number of nitrogens with zero attached hydrogens (tertiary/aromatic N) is 2. The minimum absolute atomic E-state index is 0.279. The van der Waals surface area contributed by atoms with Gasteiger partial charge in [0.1, 0.15) is 10.2 Å². The highest BCUT2D eigenvalue weighted by molar-refractivity contribution is 7.20. The molecule has 0 aliphatic carbocycles. The monoisotopic (exact) mass is 317 g/mol. The summed E-state index contributed by atoms with van der Waals surface area (Å²) in [6.45, 7) is 4.91. The van der Waals surface area contributed by atoms with Crippen LogP contribution < -0.4 is 5.32 Å². The topological polar surface area (TPSA) is 46.9 Å². The smallest absolute Gasteiger partial charge is 0.259 e. The molecule has 2 rings (SSSR count). The molecule has 0 fully saturated rings. The van der Waals surface area contributed by atoms with Crippen molar-refractivity contribution in [1.29, 1.82) is 0 Å². The van der Waals surface area contributed by atoms with Gasteiger partial charge >= 0.3 is 0 Å². The van der Waals surface area contributed by atoms with Gasteiger partial charge in [-0.25, -0.2) is 4.68 Å². The maximum Gasteiger partial charge on any atom is 0.259 e. The summed E-state index contributed by atoms with van der Waals surface area (Å²) in [7, 11) is 0. The van der Waals surface area contributed by atoms with Crippen LogP contribution in [0, 0.1) is 5.92 Å². The van der Waals surface area contributed by atoms with Gasteiger partial charge in [-0.05, 0) is 12.0 Å². The molecule has 7 heteroatoms. The molecule has 0 aliphatic heterocycles. The molecule has 0 saturated heterocycles. The highest BCUT2D eigenvalue weighted by atomic mass is 35.5. The number of hydrogen-bond donors (Lipinski definition) is 1. The Morgan fingerprint density at radius 3 is 2.84 bits per heavy atom. The molecule has 0 atom stereocenters. The summed E-state index contributed by atoms with van der Waals surface area (Å²) in [6, 6.07) is 3.31. The molecular weight excluding hydrogens is 305 g/mol. The molecule has 0 saturated carbocycles. The van der Waals surface area contributed by atoms with Gasteiger partial charge in [0.2, 0.25) is 0 Å². The van der Waals surface area contributed by atoms with Crippen LogP contribution in [0.2, 0.25) is 8.67 Å². The summed E-state index contributed by atoms with van der Waals surface area (Å²) in [5.74, 6) is 0.811. The fraction of sp³-hybridized carbons (Fsp3) is 0.333. The molecule has 4 nitrogen and oxygen atoms in total. The third kappa shape index (κ3) is 3.49. The van der Waals surface area contributed by atoms with Crippen molar-refractivity contribution in [2.45, 2.75) is 20.4 Å². The van der Waals surface area contributed by atoms with E-state index in [1.54, 1.807) is 23.0 Å². The van der Waals surface area contributed by atoms with Crippen molar-refractivity contribution in [3.05, 3.63) is 32.6 Å². The van der Waals surface area contributed by atoms with Crippen LogP contribution >= 0.6 is 34.5 Å². The van der Waals surface area contributed by atoms with Crippen molar-refractivity contribution in [3.8, 4) is 0 Å². The van der Waals surface area contributed by atoms with Gasteiger partial charge in [-0.3, -0.25) is 4.79 Å². The Hall–Kier alpha value is -1.04. The number of nitrogens with one attached hydrogen (secondary N) is 1. The van der Waals surface area contributed by atoms with Gasteiger partial charge in [0.15, 0.2) is 0 Å². The lowest BCUT2D eigenvalue weighted by atomic mass is 10.2. The van der Waals surface area contributed by atoms with Gasteiger partial charge in [0.05, 0.1) is 16.1 Å². The lowest BCUT2D eigenvalue weighted by Crippen LogP contribution is -2.17. The number of amides is 1. The molecule has 1 N–H and O–H groups in total. The zero-order chi connectivity index (χ0) is 14.0. The Kier molecular flexibility index (Phi) is 4.50. The molecule has 0 aliphatic rings. The molecule has 0 aromatic carbocycles. The normalized spacial score (nSPS) is 11.0. The van der Waals surface area contributed by atoms with E-state index >= 15 is 0 Å². The van der Waals surface area contributed by atoms with Gasteiger partial charge in [-0.1, -0.05) is 37.0 Å². The number of carbonyl (C=O) groups excluding carboxylic acids is 1. The highest BCUT2D eigenvalue weighted by Crippen LogP contribution is 2.31. The molecule has 0 radical (unpaired) electrons. The summed E-state index contributed by atoms with van der Waals surface area (Å²) < 4.78 is 2.63. The fourth-order valence-electron chi connectivity index (χ4n) is 1.61. The van der Waals surface area contributed by atoms with Crippen LogP contribution in [-0.4, -0.2) is 15.7 Å². The summed E-state index contributed by atoms with van der Waals surface area (Å²) in [6.07, 6.45) is 1.65. The minimum Gasteiger partial charge on any atom is -0.307 e. The van der Waals surface area contributed by atoms with Crippen molar-refractivity contribution in [2.75, 3.05) is 5.32 Å². The third-order valence-corrected chi connectivity index (χ3v) is 3.89. The number of thiophene rings is 1. The largest absolute Gasteiger partial charge is 0.307 e. The first-order valence-corrected chi connectivity index (χ1v) is 7.32. The van der Waals surface area contributed by atoms with E-state index in [9.17, 15) is 4.79 Å². The first-order chi connectivity index (χ1) is 8.97. The van der Waals surface area contributed by atoms with Gasteiger partial charge in [-0.15, -0.1) is 11.3 Å². The van der Waals surface area contributed by atoms with E-state index in [-0.39, 0.29) is 5.91 Å². The van der Waals surface area contributed by atoms with Gasteiger partial charge in [0.25, 0.3) is 5.91 Å². The average molecular weight is 318 g/mol. The predicted octanol–water partition coefficient (Wildman–Crippen LogP) is 4.16. The molecule has 2 aromatic heterocycles. The zero-order valence-electron chi connectivity index (χ0n) is 10.5. The SMILES string of the molecule is CC(C)Cn1nccc1NC(=O)c1cc(Cl)sc1Cl. The van der Waals surface area contributed by atoms with E-state index in [0.29, 0.717) is 26.0 Å². The predicted molar refractivity (Wildman–Crippen MR) is 79.4 cm³/mol. The van der Waals surface area contributed by atoms with Crippen LogP contribution in [0.25, 0.3) is 0 Å². The van der Waals surface area contributed by atoms with E-state index in [1.165, 1.54) is 11.3 Å². The van der Waals surface area contributed by atoms with E-state index in [2.05, 4.69) is 24.3 Å². The number of carbonyl (C=O) groups is 1. The van der Waals surface area contributed by atoms with E-state index < -0.39 is 0 Å². The van der Waals surface area contributed by atoms with Crippen LogP contribution in [-0.2, 0) is 6.54 Å². The summed E-state index contributed by atoms with van der Waals surface area (Å²) in [5, 5.41) is 6.97. The van der Waals surface area contributed by atoms with E-state index in [1.807, 2.05) is 0 Å². The lowest BCUT2D eigenvalue weighted by molar-refractivity contribution is 0.102. The maximum atomic E-state index is 12.1. The van der Waals surface area contributed by atoms with Crippen LogP contribution in [0.5, 0.6) is 0 Å². The third-order valence-electron chi connectivity index (χ3n) is 2.40. The Morgan fingerprint density at radius 1 is 1.53 bits per heavy atom. The number of halogens is 2. The zero-order valence-corrected chi connectivity index (χ0v) is 12.8. The van der Waals surface area contributed by atoms with Crippen molar-refractivity contribution >= 4 is 46.3 Å². The molecule has 2 heterocycles. The number of rotatable bonds is 4. The molecule has 0 spiro atoms. The minimum atomic E-state index is -0.279. The van der Waals surface area contributed by atoms with Crippen LogP contribution in [0.1, 0.15) is 24.2 Å². The molecule has 1 amide bonds. The van der Waals surface area contributed by atoms with Crippen LogP contribution in [0.15, 0.2) is 18.3 Å². The summed E-state index contributed by atoms with van der Waals surface area (Å²) >= 11 is 13.0. The maximum absolute atomic E-state index is 12.1. The van der Waals surface area contributed by atoms with E-state index in [4.69, 9.17) is 23.2 Å². The van der Waals surface area contributed by atoms with Crippen molar-refractivity contribution < 1.29 is 4.79 Å². The molecule has 19 heavy (non-hydrogen) atoms. The lowest BCUT2D eigenvalue weighted by Gasteiger charge is -2.10. The Balaban J connectivity index is 2.15. The quantitative estimate of drug-likeness (QED) is 0.920. The first-order valence-electron chi connectivity index (χ1n) is 5.75. The van der Waals surface area contributed by atoms with Crippen molar-refractivity contribution in [1.82, 2.24) is 9.78 Å². The molecule has 0 bridgehead atoms. The second-order valence-corrected chi connectivity index (χ2v) is 6.77. The van der Waals surface area contributed by atoms with Crippen LogP contribution in [0.3, 0.4) is 0 Å². The standard InChI is InChI=1S/C12H13Cl2N3OS/c1-7(2)6-17-10(3-4-15-17)16-12(18)8-5-9(13)19-11(8)14/h3-5,7H,6H2,1-2H3,(H,16,18). The van der Waals surface area contributed by atoms with Crippen molar-refractivity contribution in [2.24, 2.45) is 5.92 Å². The second kappa shape index (κ2) is 5.94. The molecular formula is C12H13Cl2N3OS. The molecule has 0 unspecified atom stereocenters. The van der Waals surface area contributed by atoms with Gasteiger partial charge < -0.3 is 5.32 Å². The van der Waals surface area contributed by atoms with Crippen LogP contribution in [0.4, 0.5) is 5.82 Å². The summed E-state index contributed by atoms with van der Waals surface area (Å²) in [5.41, 5.74) is 0.383.